The maximum atomic E-state index is 14.1. The third kappa shape index (κ3) is 6.18. The lowest BCUT2D eigenvalue weighted by atomic mass is 9.94. The van der Waals surface area contributed by atoms with E-state index in [-0.39, 0.29) is 30.5 Å². The van der Waals surface area contributed by atoms with Gasteiger partial charge in [-0.3, -0.25) is 14.5 Å². The number of carbonyl (C=O) groups is 2. The Kier molecular flexibility index (Phi) is 8.73. The van der Waals surface area contributed by atoms with Gasteiger partial charge in [0.1, 0.15) is 5.69 Å². The normalized spacial score (nSPS) is 16.0. The van der Waals surface area contributed by atoms with E-state index in [9.17, 15) is 27.9 Å². The number of benzene rings is 3. The monoisotopic (exact) mass is 632 g/mol. The first-order chi connectivity index (χ1) is 22.0. The highest BCUT2D eigenvalue weighted by Gasteiger charge is 2.34. The van der Waals surface area contributed by atoms with Gasteiger partial charge in [0.2, 0.25) is 0 Å². The summed E-state index contributed by atoms with van der Waals surface area (Å²) >= 11 is 0. The summed E-state index contributed by atoms with van der Waals surface area (Å²) in [4.78, 5) is 33.3. The van der Waals surface area contributed by atoms with Crippen LogP contribution < -0.4 is 4.90 Å². The topological polar surface area (TPSA) is 89.2 Å². The number of amides is 2. The molecule has 2 aliphatic heterocycles. The molecule has 0 bridgehead atoms. The number of nitrogens with zero attached hydrogens (tertiary/aromatic N) is 4. The van der Waals surface area contributed by atoms with Gasteiger partial charge in [0, 0.05) is 49.7 Å². The predicted octanol–water partition coefficient (Wildman–Crippen LogP) is 4.80. The van der Waals surface area contributed by atoms with Crippen LogP contribution in [-0.2, 0) is 19.3 Å². The number of halogens is 3. The van der Waals surface area contributed by atoms with Crippen molar-refractivity contribution in [1.82, 2.24) is 14.4 Å². The number of aliphatic hydroxyl groups is 2. The molecule has 1 fully saturated rings. The molecule has 1 aromatic heterocycles. The van der Waals surface area contributed by atoms with Crippen molar-refractivity contribution in [3.8, 4) is 11.1 Å². The van der Waals surface area contributed by atoms with Crippen molar-refractivity contribution in [2.75, 3.05) is 44.2 Å². The van der Waals surface area contributed by atoms with Crippen LogP contribution in [0, 0.1) is 6.92 Å². The van der Waals surface area contributed by atoms with Crippen LogP contribution in [0.3, 0.4) is 0 Å². The van der Waals surface area contributed by atoms with Crippen LogP contribution in [0.2, 0.25) is 0 Å². The van der Waals surface area contributed by atoms with Crippen molar-refractivity contribution < 1.29 is 33.0 Å². The Morgan fingerprint density at radius 2 is 1.57 bits per heavy atom. The van der Waals surface area contributed by atoms with Crippen LogP contribution in [0.1, 0.15) is 43.2 Å². The smallest absolute Gasteiger partial charge is 0.394 e. The van der Waals surface area contributed by atoms with Crippen LogP contribution >= 0.6 is 0 Å². The molecule has 3 heterocycles. The molecule has 46 heavy (non-hydrogen) atoms. The van der Waals surface area contributed by atoms with Gasteiger partial charge in [-0.15, -0.1) is 0 Å². The number of para-hydroxylation sites is 1. The first-order valence-corrected chi connectivity index (χ1v) is 15.2. The van der Waals surface area contributed by atoms with E-state index in [1.54, 1.807) is 47.1 Å². The number of hydrogen-bond donors (Lipinski definition) is 2. The van der Waals surface area contributed by atoms with E-state index in [2.05, 4.69) is 0 Å². The molecule has 2 N–H and O–H groups in total. The molecule has 4 aromatic rings. The summed E-state index contributed by atoms with van der Waals surface area (Å²) in [6.07, 6.45) is -5.33. The Balaban J connectivity index is 1.27. The number of carbonyl (C=O) groups excluding carboxylic acids is 2. The molecular formula is C35H35F3N4O4. The highest BCUT2D eigenvalue weighted by atomic mass is 19.4. The molecular weight excluding hydrogens is 597 g/mol. The zero-order valence-corrected chi connectivity index (χ0v) is 25.4. The number of rotatable bonds is 6. The average Bonchev–Trinajstić information content (AvgIpc) is 3.36. The Labute approximate surface area is 264 Å². The van der Waals surface area contributed by atoms with Crippen molar-refractivity contribution in [3.63, 3.8) is 0 Å². The fraction of sp³-hybridized carbons (Fsp3) is 0.314. The summed E-state index contributed by atoms with van der Waals surface area (Å²) in [6, 6.07) is 21.3. The zero-order valence-electron chi connectivity index (χ0n) is 25.4. The molecule has 0 unspecified atom stereocenters. The van der Waals surface area contributed by atoms with E-state index in [1.807, 2.05) is 39.8 Å². The van der Waals surface area contributed by atoms with Crippen molar-refractivity contribution in [3.05, 3.63) is 113 Å². The summed E-state index contributed by atoms with van der Waals surface area (Å²) in [7, 11) is 0. The number of alkyl halides is 3. The summed E-state index contributed by atoms with van der Waals surface area (Å²) in [6.45, 7) is 4.48. The molecule has 6 rings (SSSR count). The van der Waals surface area contributed by atoms with Crippen LogP contribution in [0.5, 0.6) is 0 Å². The van der Waals surface area contributed by atoms with E-state index in [0.29, 0.717) is 67.3 Å². The molecule has 1 atom stereocenters. The molecule has 0 saturated carbocycles. The quantitative estimate of drug-likeness (QED) is 0.319. The number of hydrogen-bond acceptors (Lipinski definition) is 5. The van der Waals surface area contributed by atoms with Gasteiger partial charge in [0.15, 0.2) is 0 Å². The first kappa shape index (κ1) is 31.5. The molecule has 3 aromatic carbocycles. The van der Waals surface area contributed by atoms with Crippen LogP contribution in [0.15, 0.2) is 78.9 Å². The Morgan fingerprint density at radius 3 is 2.28 bits per heavy atom. The second kappa shape index (κ2) is 12.7. The molecule has 2 amide bonds. The summed E-state index contributed by atoms with van der Waals surface area (Å²) in [5.41, 5.74) is 3.50. The number of anilines is 1. The Hall–Kier alpha value is -4.45. The fourth-order valence-corrected chi connectivity index (χ4v) is 6.40. The maximum Gasteiger partial charge on any atom is 0.417 e. The SMILES string of the molecule is Cc1cc(C(=O)N2Cc3ccc(C(=O)N4CCN(C[C@@H](O)CO)CC4)n3Cc3ccccc32)ccc1-c1ccccc1C(F)(F)F. The van der Waals surface area contributed by atoms with E-state index < -0.39 is 17.8 Å². The molecule has 0 aliphatic carbocycles. The first-order valence-electron chi connectivity index (χ1n) is 15.2. The van der Waals surface area contributed by atoms with Gasteiger partial charge in [0.05, 0.1) is 31.4 Å². The highest BCUT2D eigenvalue weighted by molar-refractivity contribution is 6.07. The minimum Gasteiger partial charge on any atom is -0.394 e. The van der Waals surface area contributed by atoms with Crippen LogP contribution in [0.4, 0.5) is 18.9 Å². The van der Waals surface area contributed by atoms with Crippen LogP contribution in [-0.4, -0.2) is 81.8 Å². The second-order valence-corrected chi connectivity index (χ2v) is 11.8. The van der Waals surface area contributed by atoms with E-state index in [0.717, 1.165) is 17.3 Å². The third-order valence-corrected chi connectivity index (χ3v) is 8.80. The molecule has 1 saturated heterocycles. The average molecular weight is 633 g/mol. The number of piperazine rings is 1. The van der Waals surface area contributed by atoms with Crippen molar-refractivity contribution in [1.29, 1.82) is 0 Å². The van der Waals surface area contributed by atoms with Crippen molar-refractivity contribution >= 4 is 17.5 Å². The number of aryl methyl sites for hydroxylation is 1. The van der Waals surface area contributed by atoms with E-state index in [4.69, 9.17) is 5.11 Å². The number of β-amino-alcohol motifs (C(OH)–C–C–N with tert-alkyl or cyclic N) is 1. The Bertz CT molecular complexity index is 1760. The highest BCUT2D eigenvalue weighted by Crippen LogP contribution is 2.38. The minimum atomic E-state index is -4.51. The molecule has 240 valence electrons. The summed E-state index contributed by atoms with van der Waals surface area (Å²) < 4.78 is 43.2. The molecule has 8 nitrogen and oxygen atoms in total. The molecule has 2 aliphatic rings. The van der Waals surface area contributed by atoms with Gasteiger partial charge in [-0.25, -0.2) is 0 Å². The van der Waals surface area contributed by atoms with Gasteiger partial charge in [0.25, 0.3) is 11.8 Å². The van der Waals surface area contributed by atoms with E-state index in [1.165, 1.54) is 12.1 Å². The lowest BCUT2D eigenvalue weighted by Crippen LogP contribution is -2.51. The van der Waals surface area contributed by atoms with E-state index >= 15 is 0 Å². The standard InChI is InChI=1S/C35H35F3N4O4/c1-23-18-24(10-12-28(23)29-7-3-4-8-30(29)35(36,37)38)33(45)42-20-26-11-13-32(41(26)19-25-6-2-5-9-31(25)42)34(46)40-16-14-39(15-17-40)21-27(44)22-43/h2-13,18,27,43-44H,14-17,19-22H2,1H3/t27-/m1/s1. The number of aromatic nitrogens is 1. The number of fused-ring (bicyclic) bond motifs is 2. The van der Waals surface area contributed by atoms with Crippen LogP contribution in [0.25, 0.3) is 11.1 Å². The molecule has 0 radical (unpaired) electrons. The minimum absolute atomic E-state index is 0.0609. The third-order valence-electron chi connectivity index (χ3n) is 8.80. The second-order valence-electron chi connectivity index (χ2n) is 11.8. The fourth-order valence-electron chi connectivity index (χ4n) is 6.40. The Morgan fingerprint density at radius 1 is 0.848 bits per heavy atom. The molecule has 0 spiro atoms. The molecule has 11 heteroatoms. The lowest BCUT2D eigenvalue weighted by molar-refractivity contribution is -0.137. The summed E-state index contributed by atoms with van der Waals surface area (Å²) in [5.74, 6) is -0.411. The largest absolute Gasteiger partial charge is 0.417 e. The van der Waals surface area contributed by atoms with Gasteiger partial charge in [-0.05, 0) is 65.6 Å². The maximum absolute atomic E-state index is 14.1. The predicted molar refractivity (Wildman–Crippen MR) is 168 cm³/mol. The van der Waals surface area contributed by atoms with Gasteiger partial charge in [-0.2, -0.15) is 13.2 Å². The van der Waals surface area contributed by atoms with Gasteiger partial charge < -0.3 is 24.6 Å². The lowest BCUT2D eigenvalue weighted by Gasteiger charge is -2.35. The zero-order chi connectivity index (χ0) is 32.6. The summed E-state index contributed by atoms with van der Waals surface area (Å²) in [5, 5.41) is 18.9. The van der Waals surface area contributed by atoms with Crippen molar-refractivity contribution in [2.45, 2.75) is 32.3 Å². The number of aliphatic hydroxyl groups excluding tert-OH is 2. The van der Waals surface area contributed by atoms with Crippen molar-refractivity contribution in [2.24, 2.45) is 0 Å². The van der Waals surface area contributed by atoms with Gasteiger partial charge in [-0.1, -0.05) is 42.5 Å². The van der Waals surface area contributed by atoms with Gasteiger partial charge >= 0.3 is 6.18 Å².